The van der Waals surface area contributed by atoms with Gasteiger partial charge in [0.15, 0.2) is 0 Å². The third-order valence-corrected chi connectivity index (χ3v) is 1.63. The van der Waals surface area contributed by atoms with Crippen molar-refractivity contribution in [2.45, 2.75) is 0 Å². The molecule has 2 nitrogen and oxygen atoms in total. The zero-order valence-electron chi connectivity index (χ0n) is 5.85. The Morgan fingerprint density at radius 3 is 1.25 bits per heavy atom. The molecule has 0 unspecified atom stereocenters. The molecule has 0 saturated carbocycles. The van der Waals surface area contributed by atoms with Crippen LogP contribution in [0, 0.1) is 0 Å². The third kappa shape index (κ3) is 2.55. The van der Waals surface area contributed by atoms with E-state index in [1.54, 1.807) is 0 Å². The fourth-order valence-corrected chi connectivity index (χ4v) is 0.462. The van der Waals surface area contributed by atoms with E-state index >= 15 is 0 Å². The highest BCUT2D eigenvalue weighted by Crippen LogP contribution is 1.94. The highest BCUT2D eigenvalue weighted by atomic mass is 35.5. The predicted molar refractivity (Wildman–Crippen MR) is 39.0 cm³/mol. The van der Waals surface area contributed by atoms with E-state index in [-0.39, 0.29) is 6.40 Å². The summed E-state index contributed by atoms with van der Waals surface area (Å²) in [6.07, 6.45) is 0.00926. The van der Waals surface area contributed by atoms with Crippen LogP contribution in [-0.2, 0) is 0 Å². The van der Waals surface area contributed by atoms with E-state index in [2.05, 4.69) is 0 Å². The van der Waals surface area contributed by atoms with Crippen molar-refractivity contribution in [3.8, 4) is 0 Å². The Morgan fingerprint density at radius 1 is 1.00 bits per heavy atom. The third-order valence-electron chi connectivity index (χ3n) is 0.852. The first-order valence-electron chi connectivity index (χ1n) is 2.52. The van der Waals surface area contributed by atoms with Gasteiger partial charge in [-0.3, -0.25) is 0 Å². The molecule has 0 aliphatic carbocycles. The number of hydrogen-bond acceptors (Lipinski definition) is 2. The van der Waals surface area contributed by atoms with Crippen LogP contribution < -0.4 is 0 Å². The minimum absolute atomic E-state index is 0.00926. The molecule has 0 bridgehead atoms. The van der Waals surface area contributed by atoms with Gasteiger partial charge in [0, 0.05) is 0 Å². The summed E-state index contributed by atoms with van der Waals surface area (Å²) in [6, 6.07) is 0. The maximum absolute atomic E-state index is 5.80. The lowest BCUT2D eigenvalue weighted by Gasteiger charge is -2.19. The molecule has 0 N–H and O–H groups in total. The second kappa shape index (κ2) is 3.33. The minimum atomic E-state index is 0.00926. The summed E-state index contributed by atoms with van der Waals surface area (Å²) in [5, 5.41) is 0. The predicted octanol–water partition coefficient (Wildman–Crippen LogP) is 0.333. The molecule has 0 atom stereocenters. The normalized spacial score (nSPS) is 10.9. The monoisotopic (exact) mass is 134 g/mol. The Bertz CT molecular complexity index is 59.1. The molecule has 0 aromatic heterocycles. The molecule has 0 amide bonds. The van der Waals surface area contributed by atoms with Crippen molar-refractivity contribution in [3.05, 3.63) is 0 Å². The number of nitrogens with zero attached hydrogens (tertiary/aromatic N) is 2. The van der Waals surface area contributed by atoms with Gasteiger partial charge in [-0.2, -0.15) is 0 Å². The van der Waals surface area contributed by atoms with Crippen LogP contribution in [0.1, 0.15) is 0 Å². The van der Waals surface area contributed by atoms with Crippen molar-refractivity contribution in [1.29, 1.82) is 0 Å². The fourth-order valence-electron chi connectivity index (χ4n) is 0.462. The lowest BCUT2D eigenvalue weighted by molar-refractivity contribution is 0.539. The summed E-state index contributed by atoms with van der Waals surface area (Å²) in [7, 11) is 7.77. The van der Waals surface area contributed by atoms with Gasteiger partial charge in [-0.05, 0) is 28.2 Å². The van der Waals surface area contributed by atoms with Crippen LogP contribution in [0.2, 0.25) is 0 Å². The summed E-state index contributed by atoms with van der Waals surface area (Å²) in [5.74, 6) is 0. The van der Waals surface area contributed by atoms with Gasteiger partial charge in [0.05, 0.1) is 0 Å². The van der Waals surface area contributed by atoms with Crippen LogP contribution >= 0.6 is 11.5 Å². The molecular formula is C4H12BClN2. The van der Waals surface area contributed by atoms with Crippen LogP contribution in [0.3, 0.4) is 0 Å². The molecule has 0 aromatic rings. The lowest BCUT2D eigenvalue weighted by Crippen LogP contribution is -2.40. The van der Waals surface area contributed by atoms with Crippen LogP contribution in [-0.4, -0.2) is 44.2 Å². The Balaban J connectivity index is 3.46. The topological polar surface area (TPSA) is 6.48 Å². The highest BCUT2D eigenvalue weighted by Gasteiger charge is 2.15. The van der Waals surface area contributed by atoms with Crippen molar-refractivity contribution in [2.24, 2.45) is 0 Å². The average molecular weight is 134 g/mol. The van der Waals surface area contributed by atoms with Gasteiger partial charge in [0.25, 0.3) is 0 Å². The summed E-state index contributed by atoms with van der Waals surface area (Å²) in [4.78, 5) is 3.86. The SMILES string of the molecule is CN(C)B(Cl)N(C)C. The number of rotatable bonds is 2. The van der Waals surface area contributed by atoms with Gasteiger partial charge in [-0.15, -0.1) is 11.5 Å². The zero-order chi connectivity index (χ0) is 6.73. The van der Waals surface area contributed by atoms with E-state index in [1.807, 2.05) is 37.8 Å². The van der Waals surface area contributed by atoms with E-state index in [4.69, 9.17) is 11.5 Å². The lowest BCUT2D eigenvalue weighted by atomic mass is 10.1. The number of hydrogen-bond donors (Lipinski definition) is 0. The standard InChI is InChI=1S/C4H12BClN2/c1-7(2)5(6)8(3)4/h1-4H3. The molecule has 8 heavy (non-hydrogen) atoms. The summed E-state index contributed by atoms with van der Waals surface area (Å²) >= 11 is 5.80. The smallest absolute Gasteiger partial charge is 0.320 e. The summed E-state index contributed by atoms with van der Waals surface area (Å²) < 4.78 is 0. The van der Waals surface area contributed by atoms with E-state index in [1.165, 1.54) is 0 Å². The van der Waals surface area contributed by atoms with E-state index in [0.717, 1.165) is 0 Å². The summed E-state index contributed by atoms with van der Waals surface area (Å²) in [6.45, 7) is 0. The molecule has 0 aliphatic rings. The molecule has 0 radical (unpaired) electrons. The molecule has 0 fully saturated rings. The van der Waals surface area contributed by atoms with E-state index in [0.29, 0.717) is 0 Å². The molecule has 0 spiro atoms. The van der Waals surface area contributed by atoms with E-state index < -0.39 is 0 Å². The Kier molecular flexibility index (Phi) is 3.44. The quantitative estimate of drug-likeness (QED) is 0.502. The fraction of sp³-hybridized carbons (Fsp3) is 1.00. The second-order valence-corrected chi connectivity index (χ2v) is 2.63. The first-order chi connectivity index (χ1) is 3.55. The van der Waals surface area contributed by atoms with Crippen LogP contribution in [0.25, 0.3) is 0 Å². The number of halogens is 1. The average Bonchev–Trinajstić information content (AvgIpc) is 1.64. The van der Waals surface area contributed by atoms with Crippen LogP contribution in [0.15, 0.2) is 0 Å². The van der Waals surface area contributed by atoms with E-state index in [9.17, 15) is 0 Å². The largest absolute Gasteiger partial charge is 0.418 e. The van der Waals surface area contributed by atoms with Gasteiger partial charge in [0.2, 0.25) is 0 Å². The van der Waals surface area contributed by atoms with Crippen LogP contribution in [0.4, 0.5) is 0 Å². The van der Waals surface area contributed by atoms with Gasteiger partial charge in [-0.1, -0.05) is 0 Å². The first kappa shape index (κ1) is 8.27. The summed E-state index contributed by atoms with van der Waals surface area (Å²) in [5.41, 5.74) is 0. The molecule has 0 heterocycles. The molecule has 0 saturated heterocycles. The van der Waals surface area contributed by atoms with Crippen molar-refractivity contribution < 1.29 is 0 Å². The molecule has 0 aliphatic heterocycles. The zero-order valence-corrected chi connectivity index (χ0v) is 6.61. The van der Waals surface area contributed by atoms with Gasteiger partial charge < -0.3 is 9.62 Å². The van der Waals surface area contributed by atoms with Crippen LogP contribution in [0.5, 0.6) is 0 Å². The Morgan fingerprint density at radius 2 is 1.25 bits per heavy atom. The maximum Gasteiger partial charge on any atom is 0.418 e. The minimum Gasteiger partial charge on any atom is -0.320 e. The maximum atomic E-state index is 5.80. The van der Waals surface area contributed by atoms with Crippen molar-refractivity contribution in [2.75, 3.05) is 28.2 Å². The Hall–Kier alpha value is 0.275. The van der Waals surface area contributed by atoms with Crippen molar-refractivity contribution in [3.63, 3.8) is 0 Å². The molecule has 0 rings (SSSR count). The Labute approximate surface area is 56.4 Å². The molecular weight excluding hydrogens is 122 g/mol. The molecule has 4 heteroatoms. The highest BCUT2D eigenvalue weighted by molar-refractivity contribution is 7.03. The van der Waals surface area contributed by atoms with Gasteiger partial charge in [-0.25, -0.2) is 0 Å². The molecule has 48 valence electrons. The van der Waals surface area contributed by atoms with Gasteiger partial charge >= 0.3 is 6.40 Å². The van der Waals surface area contributed by atoms with Gasteiger partial charge in [0.1, 0.15) is 0 Å². The van der Waals surface area contributed by atoms with Crippen molar-refractivity contribution >= 4 is 17.9 Å². The molecule has 0 aromatic carbocycles. The first-order valence-corrected chi connectivity index (χ1v) is 2.96. The van der Waals surface area contributed by atoms with Crippen molar-refractivity contribution in [1.82, 2.24) is 9.62 Å². The second-order valence-electron chi connectivity index (χ2n) is 2.24.